The molecule has 1 fully saturated rings. The Labute approximate surface area is 179 Å². The van der Waals surface area contributed by atoms with Crippen LogP contribution in [-0.4, -0.2) is 37.3 Å². The van der Waals surface area contributed by atoms with Gasteiger partial charge in [-0.15, -0.1) is 21.5 Å². The monoisotopic (exact) mass is 438 g/mol. The van der Waals surface area contributed by atoms with Crippen molar-refractivity contribution in [2.45, 2.75) is 24.0 Å². The molecule has 1 saturated carbocycles. The minimum absolute atomic E-state index is 0.162. The topological polar surface area (TPSA) is 119 Å². The highest BCUT2D eigenvalue weighted by molar-refractivity contribution is 7.99. The molecule has 0 spiro atoms. The number of hydrogen-bond donors (Lipinski definition) is 3. The van der Waals surface area contributed by atoms with Gasteiger partial charge in [0.05, 0.1) is 11.3 Å². The molecule has 8 nitrogen and oxygen atoms in total. The summed E-state index contributed by atoms with van der Waals surface area (Å²) in [6.45, 7) is 0. The summed E-state index contributed by atoms with van der Waals surface area (Å²) < 4.78 is 2.13. The van der Waals surface area contributed by atoms with Crippen LogP contribution in [0.4, 0.5) is 5.00 Å². The molecule has 4 aromatic rings. The molecule has 2 amide bonds. The first-order valence-electron chi connectivity index (χ1n) is 9.43. The lowest BCUT2D eigenvalue weighted by atomic mass is 10.1. The van der Waals surface area contributed by atoms with E-state index in [1.807, 2.05) is 24.4 Å². The molecule has 0 saturated heterocycles. The summed E-state index contributed by atoms with van der Waals surface area (Å²) in [5.41, 5.74) is 7.71. The number of aromatic nitrogens is 4. The first-order valence-corrected chi connectivity index (χ1v) is 11.3. The van der Waals surface area contributed by atoms with E-state index in [4.69, 9.17) is 5.73 Å². The average Bonchev–Trinajstić information content (AvgIpc) is 3.14. The van der Waals surface area contributed by atoms with Crippen LogP contribution in [-0.2, 0) is 4.79 Å². The van der Waals surface area contributed by atoms with Crippen molar-refractivity contribution in [3.63, 3.8) is 0 Å². The van der Waals surface area contributed by atoms with Crippen LogP contribution in [0.15, 0.2) is 47.1 Å². The van der Waals surface area contributed by atoms with Crippen LogP contribution in [0.25, 0.3) is 22.3 Å². The van der Waals surface area contributed by atoms with Crippen LogP contribution < -0.4 is 11.1 Å². The fourth-order valence-corrected chi connectivity index (χ4v) is 4.98. The zero-order chi connectivity index (χ0) is 20.7. The number of primary amides is 1. The zero-order valence-corrected chi connectivity index (χ0v) is 17.4. The maximum atomic E-state index is 12.4. The van der Waals surface area contributed by atoms with Crippen molar-refractivity contribution in [2.75, 3.05) is 11.1 Å². The molecule has 0 aliphatic heterocycles. The maximum Gasteiger partial charge on any atom is 0.251 e. The number of benzene rings is 1. The van der Waals surface area contributed by atoms with Crippen molar-refractivity contribution in [1.82, 2.24) is 19.7 Å². The maximum absolute atomic E-state index is 12.4. The van der Waals surface area contributed by atoms with Gasteiger partial charge in [-0.3, -0.25) is 14.2 Å². The zero-order valence-electron chi connectivity index (χ0n) is 15.8. The van der Waals surface area contributed by atoms with E-state index in [9.17, 15) is 9.59 Å². The second kappa shape index (κ2) is 7.62. The molecule has 3 heterocycles. The number of rotatable bonds is 7. The summed E-state index contributed by atoms with van der Waals surface area (Å²) in [5, 5.41) is 15.6. The molecule has 152 valence electrons. The predicted molar refractivity (Wildman–Crippen MR) is 118 cm³/mol. The van der Waals surface area contributed by atoms with Crippen molar-refractivity contribution >= 4 is 50.8 Å². The number of thiophene rings is 1. The van der Waals surface area contributed by atoms with Crippen LogP contribution in [0.2, 0.25) is 0 Å². The van der Waals surface area contributed by atoms with Crippen LogP contribution in [0, 0.1) is 0 Å². The summed E-state index contributed by atoms with van der Waals surface area (Å²) in [6.07, 6.45) is 4.10. The normalized spacial score (nSPS) is 13.6. The Balaban J connectivity index is 1.36. The quantitative estimate of drug-likeness (QED) is 0.381. The van der Waals surface area contributed by atoms with Crippen molar-refractivity contribution in [2.24, 2.45) is 5.73 Å². The Kier molecular flexibility index (Phi) is 4.80. The highest BCUT2D eigenvalue weighted by atomic mass is 32.2. The molecule has 30 heavy (non-hydrogen) atoms. The molecule has 10 heteroatoms. The number of H-pyrrole nitrogens is 1. The number of fused-ring (bicyclic) bond motifs is 1. The Morgan fingerprint density at radius 3 is 2.90 bits per heavy atom. The molecule has 1 aliphatic rings. The van der Waals surface area contributed by atoms with Crippen LogP contribution in [0.1, 0.15) is 29.2 Å². The second-order valence-electron chi connectivity index (χ2n) is 7.02. The molecule has 1 aliphatic carbocycles. The number of thioether (sulfide) groups is 1. The van der Waals surface area contributed by atoms with Crippen molar-refractivity contribution in [3.8, 4) is 11.4 Å². The van der Waals surface area contributed by atoms with Gasteiger partial charge in [0.15, 0.2) is 11.0 Å². The fraction of sp³-hybridized carbons (Fsp3) is 0.200. The molecule has 0 bridgehead atoms. The average molecular weight is 439 g/mol. The van der Waals surface area contributed by atoms with Gasteiger partial charge in [0, 0.05) is 28.7 Å². The lowest BCUT2D eigenvalue weighted by Crippen LogP contribution is -2.18. The molecule has 4 N–H and O–H groups in total. The number of aromatic amines is 1. The van der Waals surface area contributed by atoms with E-state index in [-0.39, 0.29) is 11.7 Å². The Morgan fingerprint density at radius 2 is 2.10 bits per heavy atom. The number of carbonyl (C=O) groups excluding carboxylic acids is 2. The van der Waals surface area contributed by atoms with Gasteiger partial charge in [0.25, 0.3) is 5.91 Å². The van der Waals surface area contributed by atoms with Gasteiger partial charge in [-0.2, -0.15) is 0 Å². The molecular formula is C20H18N6O2S2. The van der Waals surface area contributed by atoms with Crippen molar-refractivity contribution in [1.29, 1.82) is 0 Å². The van der Waals surface area contributed by atoms with Gasteiger partial charge >= 0.3 is 0 Å². The smallest absolute Gasteiger partial charge is 0.251 e. The largest absolute Gasteiger partial charge is 0.366 e. The second-order valence-corrected chi connectivity index (χ2v) is 8.88. The number of nitrogens with zero attached hydrogens (tertiary/aromatic N) is 3. The van der Waals surface area contributed by atoms with E-state index in [2.05, 4.69) is 31.1 Å². The molecule has 0 atom stereocenters. The van der Waals surface area contributed by atoms with E-state index in [0.29, 0.717) is 21.8 Å². The van der Waals surface area contributed by atoms with Crippen LogP contribution in [0.5, 0.6) is 0 Å². The Bertz CT molecular complexity index is 1250. The first kappa shape index (κ1) is 18.9. The summed E-state index contributed by atoms with van der Waals surface area (Å²) in [6, 6.07) is 10.0. The Hall–Kier alpha value is -3.11. The third kappa shape index (κ3) is 3.48. The highest BCUT2D eigenvalue weighted by Crippen LogP contribution is 2.42. The van der Waals surface area contributed by atoms with E-state index >= 15 is 0 Å². The SMILES string of the molecule is NC(=O)c1ccsc1NC(=O)CSc1nnc(-c2c[nH]c3ccccc23)n1C1CC1. The fourth-order valence-electron chi connectivity index (χ4n) is 3.37. The molecule has 1 aromatic carbocycles. The van der Waals surface area contributed by atoms with Gasteiger partial charge in [-0.1, -0.05) is 30.0 Å². The number of nitrogens with one attached hydrogen (secondary N) is 2. The summed E-state index contributed by atoms with van der Waals surface area (Å²) in [4.78, 5) is 27.1. The van der Waals surface area contributed by atoms with E-state index in [1.165, 1.54) is 23.1 Å². The Morgan fingerprint density at radius 1 is 1.27 bits per heavy atom. The van der Waals surface area contributed by atoms with E-state index < -0.39 is 5.91 Å². The summed E-state index contributed by atoms with van der Waals surface area (Å²) in [5.74, 6) is 0.196. The number of anilines is 1. The van der Waals surface area contributed by atoms with E-state index in [1.54, 1.807) is 11.4 Å². The standard InChI is InChI=1S/C20H18N6O2S2/c21-17(28)13-7-8-29-19(13)23-16(27)10-30-20-25-24-18(26(20)11-5-6-11)14-9-22-15-4-2-1-3-12(14)15/h1-4,7-9,11,22H,5-6,10H2,(H2,21,28)(H,23,27). The highest BCUT2D eigenvalue weighted by Gasteiger charge is 2.31. The number of para-hydroxylation sites is 1. The lowest BCUT2D eigenvalue weighted by molar-refractivity contribution is -0.113. The van der Waals surface area contributed by atoms with Gasteiger partial charge in [0.1, 0.15) is 5.00 Å². The third-order valence-electron chi connectivity index (χ3n) is 4.92. The molecule has 0 unspecified atom stereocenters. The molecular weight excluding hydrogens is 420 g/mol. The van der Waals surface area contributed by atoms with Gasteiger partial charge in [-0.25, -0.2) is 0 Å². The number of nitrogens with two attached hydrogens (primary N) is 1. The summed E-state index contributed by atoms with van der Waals surface area (Å²) in [7, 11) is 0. The van der Waals surface area contributed by atoms with Crippen molar-refractivity contribution < 1.29 is 9.59 Å². The minimum atomic E-state index is -0.559. The number of amides is 2. The van der Waals surface area contributed by atoms with Gasteiger partial charge < -0.3 is 16.0 Å². The minimum Gasteiger partial charge on any atom is -0.366 e. The molecule has 5 rings (SSSR count). The molecule has 3 aromatic heterocycles. The molecule has 0 radical (unpaired) electrons. The first-order chi connectivity index (χ1) is 14.6. The lowest BCUT2D eigenvalue weighted by Gasteiger charge is -2.08. The predicted octanol–water partition coefficient (Wildman–Crippen LogP) is 3.65. The van der Waals surface area contributed by atoms with Gasteiger partial charge in [0.2, 0.25) is 5.91 Å². The van der Waals surface area contributed by atoms with E-state index in [0.717, 1.165) is 35.1 Å². The third-order valence-corrected chi connectivity index (χ3v) is 6.70. The van der Waals surface area contributed by atoms with Crippen LogP contribution in [0.3, 0.4) is 0 Å². The van der Waals surface area contributed by atoms with Crippen molar-refractivity contribution in [3.05, 3.63) is 47.5 Å². The number of hydrogen-bond acceptors (Lipinski definition) is 6. The van der Waals surface area contributed by atoms with Crippen LogP contribution >= 0.6 is 23.1 Å². The number of carbonyl (C=O) groups is 2. The summed E-state index contributed by atoms with van der Waals surface area (Å²) >= 11 is 2.61. The van der Waals surface area contributed by atoms with Gasteiger partial charge in [-0.05, 0) is 30.4 Å².